The number of carbonyl (C=O) groups is 1. The molecule has 0 atom stereocenters. The number of methoxy groups -OCH3 is 1. The van der Waals surface area contributed by atoms with E-state index in [1.807, 2.05) is 37.3 Å². The zero-order valence-corrected chi connectivity index (χ0v) is 19.3. The minimum atomic E-state index is -0.383. The number of hydrogen-bond acceptors (Lipinski definition) is 6. The molecule has 6 heteroatoms. The number of aryl methyl sites for hydroxylation is 1. The Labute approximate surface area is 197 Å². The van der Waals surface area contributed by atoms with Crippen LogP contribution in [-0.4, -0.2) is 19.6 Å². The highest BCUT2D eigenvalue weighted by molar-refractivity contribution is 5.95. The lowest BCUT2D eigenvalue weighted by atomic mass is 10.0. The van der Waals surface area contributed by atoms with E-state index in [-0.39, 0.29) is 11.4 Å². The molecule has 0 bridgehead atoms. The molecule has 0 saturated carbocycles. The summed E-state index contributed by atoms with van der Waals surface area (Å²) in [5.41, 5.74) is 6.24. The number of benzene rings is 3. The molecule has 5 rings (SSSR count). The minimum absolute atomic E-state index is 0.0406. The van der Waals surface area contributed by atoms with E-state index >= 15 is 0 Å². The van der Waals surface area contributed by atoms with Crippen molar-refractivity contribution in [1.82, 2.24) is 0 Å². The third-order valence-electron chi connectivity index (χ3n) is 6.23. The quantitative estimate of drug-likeness (QED) is 0.411. The minimum Gasteiger partial charge on any atom is -0.465 e. The van der Waals surface area contributed by atoms with Crippen molar-refractivity contribution < 1.29 is 13.9 Å². The summed E-state index contributed by atoms with van der Waals surface area (Å²) in [6.45, 7) is 3.98. The fraction of sp³-hybridized carbons (Fsp3) is 0.214. The molecule has 6 nitrogen and oxygen atoms in total. The SMILES string of the molecule is COC(=O)c1ccccc1NCCc1cc(C)cc2c(=O)cc(N3Cc4ccccc4C3)oc12. The highest BCUT2D eigenvalue weighted by Gasteiger charge is 2.22. The van der Waals surface area contributed by atoms with Crippen LogP contribution in [0.3, 0.4) is 0 Å². The van der Waals surface area contributed by atoms with E-state index in [9.17, 15) is 9.59 Å². The molecule has 0 fully saturated rings. The van der Waals surface area contributed by atoms with E-state index in [1.54, 1.807) is 18.2 Å². The number of carbonyl (C=O) groups excluding carboxylic acids is 1. The fourth-order valence-corrected chi connectivity index (χ4v) is 4.56. The van der Waals surface area contributed by atoms with Crippen molar-refractivity contribution in [2.75, 3.05) is 23.9 Å². The van der Waals surface area contributed by atoms with Crippen molar-refractivity contribution in [3.8, 4) is 0 Å². The molecule has 34 heavy (non-hydrogen) atoms. The molecule has 0 spiro atoms. The molecule has 0 aliphatic carbocycles. The second kappa shape index (κ2) is 9.06. The first kappa shape index (κ1) is 21.8. The molecule has 1 N–H and O–H groups in total. The van der Waals surface area contributed by atoms with Crippen LogP contribution >= 0.6 is 0 Å². The maximum absolute atomic E-state index is 13.0. The van der Waals surface area contributed by atoms with Crippen LogP contribution in [0.1, 0.15) is 32.6 Å². The average molecular weight is 455 g/mol. The number of anilines is 2. The topological polar surface area (TPSA) is 71.8 Å². The van der Waals surface area contributed by atoms with E-state index in [1.165, 1.54) is 18.2 Å². The van der Waals surface area contributed by atoms with E-state index in [0.29, 0.717) is 41.1 Å². The Morgan fingerprint density at radius 2 is 1.74 bits per heavy atom. The Morgan fingerprint density at radius 1 is 1.03 bits per heavy atom. The van der Waals surface area contributed by atoms with Gasteiger partial charge < -0.3 is 19.4 Å². The van der Waals surface area contributed by atoms with Crippen LogP contribution in [0.4, 0.5) is 11.6 Å². The molecular weight excluding hydrogens is 428 g/mol. The van der Waals surface area contributed by atoms with Gasteiger partial charge in [-0.1, -0.05) is 42.5 Å². The van der Waals surface area contributed by atoms with Gasteiger partial charge in [0.05, 0.1) is 18.1 Å². The van der Waals surface area contributed by atoms with Crippen LogP contribution in [0.2, 0.25) is 0 Å². The maximum atomic E-state index is 13.0. The Hall–Kier alpha value is -4.06. The van der Waals surface area contributed by atoms with Crippen molar-refractivity contribution in [3.63, 3.8) is 0 Å². The number of nitrogens with one attached hydrogen (secondary N) is 1. The van der Waals surface area contributed by atoms with Crippen molar-refractivity contribution in [2.24, 2.45) is 0 Å². The molecule has 0 unspecified atom stereocenters. The Balaban J connectivity index is 1.43. The monoisotopic (exact) mass is 454 g/mol. The predicted octanol–water partition coefficient (Wildman–Crippen LogP) is 5.06. The number of ether oxygens (including phenoxy) is 1. The first-order chi connectivity index (χ1) is 16.5. The average Bonchev–Trinajstić information content (AvgIpc) is 3.29. The van der Waals surface area contributed by atoms with Gasteiger partial charge in [0, 0.05) is 31.4 Å². The van der Waals surface area contributed by atoms with Crippen LogP contribution in [0, 0.1) is 6.92 Å². The number of rotatable bonds is 6. The lowest BCUT2D eigenvalue weighted by Crippen LogP contribution is -2.17. The number of para-hydroxylation sites is 1. The van der Waals surface area contributed by atoms with E-state index in [0.717, 1.165) is 24.2 Å². The molecule has 0 radical (unpaired) electrons. The van der Waals surface area contributed by atoms with Gasteiger partial charge in [0.25, 0.3) is 0 Å². The Kier molecular flexibility index (Phi) is 5.80. The van der Waals surface area contributed by atoms with Crippen LogP contribution < -0.4 is 15.6 Å². The van der Waals surface area contributed by atoms with Gasteiger partial charge in [-0.05, 0) is 53.8 Å². The second-order valence-corrected chi connectivity index (χ2v) is 8.59. The Morgan fingerprint density at radius 3 is 2.47 bits per heavy atom. The van der Waals surface area contributed by atoms with Crippen LogP contribution in [0.15, 0.2) is 75.9 Å². The van der Waals surface area contributed by atoms with E-state index < -0.39 is 0 Å². The van der Waals surface area contributed by atoms with Gasteiger partial charge in [-0.15, -0.1) is 0 Å². The highest BCUT2D eigenvalue weighted by Crippen LogP contribution is 2.30. The molecule has 172 valence electrons. The summed E-state index contributed by atoms with van der Waals surface area (Å²) in [6.07, 6.45) is 0.625. The lowest BCUT2D eigenvalue weighted by molar-refractivity contribution is 0.0602. The summed E-state index contributed by atoms with van der Waals surface area (Å²) in [5.74, 6) is 0.203. The summed E-state index contributed by atoms with van der Waals surface area (Å²) in [5, 5.41) is 3.91. The highest BCUT2D eigenvalue weighted by atomic mass is 16.5. The van der Waals surface area contributed by atoms with Crippen LogP contribution in [-0.2, 0) is 24.2 Å². The summed E-state index contributed by atoms with van der Waals surface area (Å²) in [7, 11) is 1.37. The lowest BCUT2D eigenvalue weighted by Gasteiger charge is -2.17. The molecular formula is C28H26N2O4. The second-order valence-electron chi connectivity index (χ2n) is 8.59. The number of fused-ring (bicyclic) bond motifs is 2. The van der Waals surface area contributed by atoms with Crippen molar-refractivity contribution >= 4 is 28.5 Å². The molecule has 2 heterocycles. The van der Waals surface area contributed by atoms with E-state index in [2.05, 4.69) is 28.4 Å². The Bertz CT molecular complexity index is 1420. The summed E-state index contributed by atoms with van der Waals surface area (Å²) < 4.78 is 11.2. The van der Waals surface area contributed by atoms with Crippen LogP contribution in [0.5, 0.6) is 0 Å². The van der Waals surface area contributed by atoms with Gasteiger partial charge >= 0.3 is 5.97 Å². The third-order valence-corrected chi connectivity index (χ3v) is 6.23. The molecule has 1 aliphatic heterocycles. The summed E-state index contributed by atoms with van der Waals surface area (Å²) in [4.78, 5) is 27.2. The molecule has 1 aliphatic rings. The number of nitrogens with zero attached hydrogens (tertiary/aromatic N) is 1. The fourth-order valence-electron chi connectivity index (χ4n) is 4.56. The number of esters is 1. The molecule has 0 saturated heterocycles. The number of hydrogen-bond donors (Lipinski definition) is 1. The van der Waals surface area contributed by atoms with Crippen molar-refractivity contribution in [3.05, 3.63) is 105 Å². The maximum Gasteiger partial charge on any atom is 0.339 e. The predicted molar refractivity (Wildman–Crippen MR) is 134 cm³/mol. The van der Waals surface area contributed by atoms with E-state index in [4.69, 9.17) is 9.15 Å². The smallest absolute Gasteiger partial charge is 0.339 e. The molecule has 0 amide bonds. The zero-order chi connectivity index (χ0) is 23.7. The van der Waals surface area contributed by atoms with Gasteiger partial charge in [-0.25, -0.2) is 4.79 Å². The van der Waals surface area contributed by atoms with Gasteiger partial charge in [0.1, 0.15) is 5.58 Å². The molecule has 3 aromatic carbocycles. The molecule has 4 aromatic rings. The third kappa shape index (κ3) is 4.15. The molecule has 1 aromatic heterocycles. The van der Waals surface area contributed by atoms with Gasteiger partial charge in [0.2, 0.25) is 5.88 Å². The van der Waals surface area contributed by atoms with Gasteiger partial charge in [-0.2, -0.15) is 0 Å². The van der Waals surface area contributed by atoms with Gasteiger partial charge in [0.15, 0.2) is 5.43 Å². The summed E-state index contributed by atoms with van der Waals surface area (Å²) in [6, 6.07) is 21.1. The standard InChI is InChI=1S/C28H26N2O4/c1-18-13-19(11-12-29-24-10-6-5-9-22(24)28(32)33-2)27-23(14-18)25(31)15-26(34-27)30-16-20-7-3-4-8-21(20)17-30/h3-10,13-15,29H,11-12,16-17H2,1-2H3. The van der Waals surface area contributed by atoms with Crippen molar-refractivity contribution in [1.29, 1.82) is 0 Å². The zero-order valence-electron chi connectivity index (χ0n) is 19.3. The van der Waals surface area contributed by atoms with Crippen molar-refractivity contribution in [2.45, 2.75) is 26.4 Å². The van der Waals surface area contributed by atoms with Crippen LogP contribution in [0.25, 0.3) is 11.0 Å². The summed E-state index contributed by atoms with van der Waals surface area (Å²) >= 11 is 0. The first-order valence-electron chi connectivity index (χ1n) is 11.3. The first-order valence-corrected chi connectivity index (χ1v) is 11.3. The normalized spacial score (nSPS) is 12.6. The van der Waals surface area contributed by atoms with Gasteiger partial charge in [-0.3, -0.25) is 4.79 Å². The largest absolute Gasteiger partial charge is 0.465 e.